The molecule has 2 aliphatic carbocycles. The predicted octanol–water partition coefficient (Wildman–Crippen LogP) is 2.64. The van der Waals surface area contributed by atoms with Gasteiger partial charge in [0.25, 0.3) is 5.91 Å². The Balaban J connectivity index is 1.79. The fraction of sp³-hybridized carbons (Fsp3) is 0.400. The van der Waals surface area contributed by atoms with Crippen LogP contribution in [0.5, 0.6) is 0 Å². The average molecular weight is 255 g/mol. The van der Waals surface area contributed by atoms with Crippen LogP contribution in [0.1, 0.15) is 42.6 Å². The van der Waals surface area contributed by atoms with E-state index in [1.54, 1.807) is 0 Å². The van der Waals surface area contributed by atoms with Gasteiger partial charge in [-0.2, -0.15) is 0 Å². The van der Waals surface area contributed by atoms with Gasteiger partial charge in [0, 0.05) is 11.6 Å². The van der Waals surface area contributed by atoms with Gasteiger partial charge in [-0.3, -0.25) is 4.79 Å². The van der Waals surface area contributed by atoms with Crippen LogP contribution in [0.4, 0.5) is 0 Å². The molecular formula is C15H17N3O. The summed E-state index contributed by atoms with van der Waals surface area (Å²) in [4.78, 5) is 12.3. The maximum Gasteiger partial charge on any atom is 0.272 e. The van der Waals surface area contributed by atoms with Crippen LogP contribution in [0, 0.1) is 0 Å². The first-order valence-electron chi connectivity index (χ1n) is 6.87. The summed E-state index contributed by atoms with van der Waals surface area (Å²) in [6.45, 7) is 0. The molecule has 4 nitrogen and oxygen atoms in total. The maximum absolute atomic E-state index is 12.3. The number of nitrogens with zero attached hydrogens (tertiary/aromatic N) is 2. The third-order valence-corrected chi connectivity index (χ3v) is 3.68. The Hall–Kier alpha value is -1.97. The molecule has 0 spiro atoms. The minimum atomic E-state index is -0.0967. The van der Waals surface area contributed by atoms with Crippen molar-refractivity contribution >= 4 is 5.91 Å². The van der Waals surface area contributed by atoms with E-state index in [2.05, 4.69) is 15.5 Å². The van der Waals surface area contributed by atoms with E-state index in [1.165, 1.54) is 19.3 Å². The molecule has 3 rings (SSSR count). The number of rotatable bonds is 2. The smallest absolute Gasteiger partial charge is 0.272 e. The van der Waals surface area contributed by atoms with Crippen LogP contribution in [-0.2, 0) is 0 Å². The first-order valence-corrected chi connectivity index (χ1v) is 6.87. The standard InChI is InChI=1S/C15H17N3O/c19-15(16-11-7-3-1-4-8-11)14-12-9-5-2-6-10-13(12)17-18-14/h2,5-6,9-11H,1,3-4,7-8H2,(H,16,19). The molecule has 0 saturated heterocycles. The molecule has 1 heterocycles. The molecule has 1 amide bonds. The van der Waals surface area contributed by atoms with E-state index in [0.717, 1.165) is 24.1 Å². The summed E-state index contributed by atoms with van der Waals surface area (Å²) in [5, 5.41) is 11.2. The van der Waals surface area contributed by atoms with Crippen LogP contribution in [0.2, 0.25) is 0 Å². The minimum absolute atomic E-state index is 0.0967. The number of carbonyl (C=O) groups is 1. The molecule has 0 aromatic rings. The van der Waals surface area contributed by atoms with E-state index in [9.17, 15) is 4.79 Å². The first kappa shape index (κ1) is 12.1. The van der Waals surface area contributed by atoms with Gasteiger partial charge in [-0.05, 0) is 18.9 Å². The summed E-state index contributed by atoms with van der Waals surface area (Å²) < 4.78 is 0. The molecule has 4 heteroatoms. The van der Waals surface area contributed by atoms with E-state index in [-0.39, 0.29) is 5.91 Å². The fourth-order valence-electron chi connectivity index (χ4n) is 2.65. The number of aromatic nitrogens is 2. The molecule has 1 N–H and O–H groups in total. The zero-order valence-corrected chi connectivity index (χ0v) is 10.8. The molecule has 3 aliphatic rings. The van der Waals surface area contributed by atoms with Crippen LogP contribution in [0.25, 0.3) is 11.3 Å². The first-order chi connectivity index (χ1) is 9.34. The third-order valence-electron chi connectivity index (χ3n) is 3.68. The molecule has 1 saturated carbocycles. The number of amides is 1. The maximum atomic E-state index is 12.3. The fourth-order valence-corrected chi connectivity index (χ4v) is 2.65. The second-order valence-electron chi connectivity index (χ2n) is 5.07. The molecule has 98 valence electrons. The lowest BCUT2D eigenvalue weighted by molar-refractivity contribution is 0.0923. The molecule has 19 heavy (non-hydrogen) atoms. The zero-order valence-electron chi connectivity index (χ0n) is 10.8. The summed E-state index contributed by atoms with van der Waals surface area (Å²) >= 11 is 0. The molecule has 0 bridgehead atoms. The Morgan fingerprint density at radius 1 is 1.05 bits per heavy atom. The highest BCUT2D eigenvalue weighted by molar-refractivity contribution is 5.99. The van der Waals surface area contributed by atoms with Gasteiger partial charge in [-0.1, -0.05) is 43.5 Å². The van der Waals surface area contributed by atoms with Crippen molar-refractivity contribution in [3.63, 3.8) is 0 Å². The van der Waals surface area contributed by atoms with Crippen molar-refractivity contribution in [2.24, 2.45) is 0 Å². The van der Waals surface area contributed by atoms with Crippen LogP contribution in [0.3, 0.4) is 0 Å². The average Bonchev–Trinajstić information content (AvgIpc) is 2.69. The molecule has 0 radical (unpaired) electrons. The topological polar surface area (TPSA) is 54.9 Å². The summed E-state index contributed by atoms with van der Waals surface area (Å²) in [6, 6.07) is 9.79. The summed E-state index contributed by atoms with van der Waals surface area (Å²) in [5.41, 5.74) is 2.02. The quantitative estimate of drug-likeness (QED) is 0.897. The lowest BCUT2D eigenvalue weighted by atomic mass is 9.95. The number of hydrogen-bond donors (Lipinski definition) is 1. The van der Waals surface area contributed by atoms with Crippen LogP contribution in [-0.4, -0.2) is 22.1 Å². The number of hydrogen-bond acceptors (Lipinski definition) is 3. The predicted molar refractivity (Wildman–Crippen MR) is 73.0 cm³/mol. The van der Waals surface area contributed by atoms with Crippen molar-refractivity contribution in [3.05, 3.63) is 36.0 Å². The minimum Gasteiger partial charge on any atom is -0.348 e. The highest BCUT2D eigenvalue weighted by Gasteiger charge is 2.22. The number of fused-ring (bicyclic) bond motifs is 1. The molecule has 1 aliphatic heterocycles. The van der Waals surface area contributed by atoms with E-state index in [0.29, 0.717) is 11.7 Å². The summed E-state index contributed by atoms with van der Waals surface area (Å²) in [5.74, 6) is -0.0967. The van der Waals surface area contributed by atoms with E-state index < -0.39 is 0 Å². The molecular weight excluding hydrogens is 238 g/mol. The van der Waals surface area contributed by atoms with Gasteiger partial charge in [0.1, 0.15) is 0 Å². The second-order valence-corrected chi connectivity index (χ2v) is 5.07. The summed E-state index contributed by atoms with van der Waals surface area (Å²) in [6.07, 6.45) is 5.83. The molecule has 0 atom stereocenters. The van der Waals surface area contributed by atoms with Crippen LogP contribution >= 0.6 is 0 Å². The van der Waals surface area contributed by atoms with E-state index in [4.69, 9.17) is 0 Å². The number of carbonyl (C=O) groups excluding carboxylic acids is 1. The highest BCUT2D eigenvalue weighted by atomic mass is 16.2. The summed E-state index contributed by atoms with van der Waals surface area (Å²) in [7, 11) is 0. The lowest BCUT2D eigenvalue weighted by Crippen LogP contribution is -2.36. The number of nitrogens with one attached hydrogen (secondary N) is 1. The third kappa shape index (κ3) is 2.57. The molecule has 0 aromatic carbocycles. The van der Waals surface area contributed by atoms with Crippen molar-refractivity contribution in [1.82, 2.24) is 15.5 Å². The van der Waals surface area contributed by atoms with E-state index in [1.807, 2.05) is 30.3 Å². The Bertz CT molecular complexity index is 549. The van der Waals surface area contributed by atoms with Gasteiger partial charge >= 0.3 is 0 Å². The van der Waals surface area contributed by atoms with Crippen molar-refractivity contribution in [3.8, 4) is 11.3 Å². The molecule has 0 aromatic heterocycles. The van der Waals surface area contributed by atoms with Gasteiger partial charge in [0.15, 0.2) is 5.69 Å². The zero-order chi connectivity index (χ0) is 13.1. The van der Waals surface area contributed by atoms with Gasteiger partial charge in [-0.25, -0.2) is 0 Å². The highest BCUT2D eigenvalue weighted by Crippen LogP contribution is 2.22. The lowest BCUT2D eigenvalue weighted by Gasteiger charge is -2.22. The van der Waals surface area contributed by atoms with E-state index >= 15 is 0 Å². The monoisotopic (exact) mass is 255 g/mol. The van der Waals surface area contributed by atoms with Crippen LogP contribution < -0.4 is 5.32 Å². The Kier molecular flexibility index (Phi) is 3.40. The van der Waals surface area contributed by atoms with Gasteiger partial charge in [-0.15, -0.1) is 10.2 Å². The second kappa shape index (κ2) is 5.34. The Morgan fingerprint density at radius 2 is 1.84 bits per heavy atom. The Labute approximate surface area is 112 Å². The van der Waals surface area contributed by atoms with Crippen LogP contribution in [0.15, 0.2) is 30.3 Å². The largest absolute Gasteiger partial charge is 0.348 e. The SMILES string of the molecule is O=C(NC1CCCCC1)c1nnc2cccccc1-2. The van der Waals surface area contributed by atoms with Gasteiger partial charge < -0.3 is 5.32 Å². The van der Waals surface area contributed by atoms with Crippen molar-refractivity contribution in [1.29, 1.82) is 0 Å². The Morgan fingerprint density at radius 3 is 2.68 bits per heavy atom. The molecule has 0 unspecified atom stereocenters. The van der Waals surface area contributed by atoms with Gasteiger partial charge in [0.05, 0.1) is 5.69 Å². The normalized spacial score (nSPS) is 16.4. The van der Waals surface area contributed by atoms with Crippen molar-refractivity contribution < 1.29 is 4.79 Å². The van der Waals surface area contributed by atoms with Gasteiger partial charge in [0.2, 0.25) is 0 Å². The van der Waals surface area contributed by atoms with Crippen molar-refractivity contribution in [2.45, 2.75) is 38.1 Å². The molecule has 1 fully saturated rings. The van der Waals surface area contributed by atoms with Crippen molar-refractivity contribution in [2.75, 3.05) is 0 Å².